The first kappa shape index (κ1) is 6.17. The predicted molar refractivity (Wildman–Crippen MR) is 39.6 cm³/mol. The third-order valence-electron chi connectivity index (χ3n) is 2.73. The zero-order valence-electron chi connectivity index (χ0n) is 5.26. The molecule has 0 aromatic heterocycles. The van der Waals surface area contributed by atoms with Gasteiger partial charge in [0.15, 0.2) is 0 Å². The molecule has 0 saturated heterocycles. The Balaban J connectivity index is 2.10. The van der Waals surface area contributed by atoms with Gasteiger partial charge in [0, 0.05) is 4.83 Å². The van der Waals surface area contributed by atoms with E-state index in [2.05, 4.69) is 15.9 Å². The molecule has 2 heteroatoms. The van der Waals surface area contributed by atoms with Crippen LogP contribution in [0.4, 0.5) is 0 Å². The summed E-state index contributed by atoms with van der Waals surface area (Å²) in [5, 5.41) is 9.32. The molecule has 0 heterocycles. The molecule has 2 bridgehead atoms. The van der Waals surface area contributed by atoms with E-state index in [9.17, 15) is 5.11 Å². The number of alkyl halides is 1. The lowest BCUT2D eigenvalue weighted by Gasteiger charge is -2.19. The maximum Gasteiger partial charge on any atom is 0.0571 e. The molecule has 0 aromatic carbocycles. The van der Waals surface area contributed by atoms with Crippen molar-refractivity contribution >= 4 is 15.9 Å². The van der Waals surface area contributed by atoms with Gasteiger partial charge in [-0.1, -0.05) is 15.9 Å². The van der Waals surface area contributed by atoms with Crippen LogP contribution in [0.5, 0.6) is 0 Å². The van der Waals surface area contributed by atoms with E-state index in [4.69, 9.17) is 0 Å². The summed E-state index contributed by atoms with van der Waals surface area (Å²) in [6.07, 6.45) is 3.53. The van der Waals surface area contributed by atoms with Crippen LogP contribution in [0, 0.1) is 11.8 Å². The normalized spacial score (nSPS) is 56.7. The standard InChI is InChI=1S/C7H11BrO/c8-6-2-5-1-4(6)3-7(5)9/h4-7,9H,1-3H2/t4-,5-,6-,7+/m1/s1. The highest BCUT2D eigenvalue weighted by Gasteiger charge is 2.43. The first-order chi connectivity index (χ1) is 4.27. The molecule has 0 aromatic rings. The van der Waals surface area contributed by atoms with Crippen LogP contribution in [0.25, 0.3) is 0 Å². The van der Waals surface area contributed by atoms with Crippen molar-refractivity contribution in [3.8, 4) is 0 Å². The first-order valence-corrected chi connectivity index (χ1v) is 4.51. The number of hydrogen-bond donors (Lipinski definition) is 1. The topological polar surface area (TPSA) is 20.2 Å². The summed E-state index contributed by atoms with van der Waals surface area (Å²) >= 11 is 3.61. The van der Waals surface area contributed by atoms with Gasteiger partial charge < -0.3 is 5.11 Å². The van der Waals surface area contributed by atoms with Gasteiger partial charge in [0.05, 0.1) is 6.10 Å². The highest BCUT2D eigenvalue weighted by molar-refractivity contribution is 9.09. The fourth-order valence-electron chi connectivity index (χ4n) is 2.18. The van der Waals surface area contributed by atoms with Crippen molar-refractivity contribution < 1.29 is 5.11 Å². The molecule has 4 atom stereocenters. The zero-order valence-corrected chi connectivity index (χ0v) is 6.84. The van der Waals surface area contributed by atoms with Gasteiger partial charge in [-0.25, -0.2) is 0 Å². The molecular formula is C7H11BrO. The predicted octanol–water partition coefficient (Wildman–Crippen LogP) is 1.54. The van der Waals surface area contributed by atoms with Gasteiger partial charge in [0.2, 0.25) is 0 Å². The van der Waals surface area contributed by atoms with Gasteiger partial charge in [-0.2, -0.15) is 0 Å². The largest absolute Gasteiger partial charge is 0.393 e. The Kier molecular flexibility index (Phi) is 1.34. The minimum absolute atomic E-state index is 0.0313. The Morgan fingerprint density at radius 1 is 1.11 bits per heavy atom. The lowest BCUT2D eigenvalue weighted by Crippen LogP contribution is -2.21. The van der Waals surface area contributed by atoms with Gasteiger partial charge >= 0.3 is 0 Å². The van der Waals surface area contributed by atoms with Crippen molar-refractivity contribution in [1.82, 2.24) is 0 Å². The van der Waals surface area contributed by atoms with Crippen molar-refractivity contribution in [2.75, 3.05) is 0 Å². The van der Waals surface area contributed by atoms with Crippen LogP contribution < -0.4 is 0 Å². The molecule has 0 radical (unpaired) electrons. The second-order valence-electron chi connectivity index (χ2n) is 3.31. The van der Waals surface area contributed by atoms with E-state index in [0.717, 1.165) is 12.3 Å². The van der Waals surface area contributed by atoms with E-state index in [1.807, 2.05) is 0 Å². The van der Waals surface area contributed by atoms with Crippen LogP contribution in [0.15, 0.2) is 0 Å². The number of hydrogen-bond acceptors (Lipinski definition) is 1. The Bertz CT molecular complexity index is 108. The second kappa shape index (κ2) is 1.96. The fourth-order valence-corrected chi connectivity index (χ4v) is 3.09. The minimum atomic E-state index is 0.0313. The molecule has 2 fully saturated rings. The number of halogens is 1. The van der Waals surface area contributed by atoms with Crippen LogP contribution in [-0.4, -0.2) is 16.0 Å². The smallest absolute Gasteiger partial charge is 0.0571 e. The van der Waals surface area contributed by atoms with Crippen molar-refractivity contribution in [3.63, 3.8) is 0 Å². The average molecular weight is 191 g/mol. The van der Waals surface area contributed by atoms with Crippen molar-refractivity contribution in [2.24, 2.45) is 11.8 Å². The van der Waals surface area contributed by atoms with Crippen LogP contribution in [0.3, 0.4) is 0 Å². The van der Waals surface area contributed by atoms with Gasteiger partial charge in [-0.3, -0.25) is 0 Å². The minimum Gasteiger partial charge on any atom is -0.393 e. The molecule has 0 spiro atoms. The summed E-state index contributed by atoms with van der Waals surface area (Å²) in [5.41, 5.74) is 0. The van der Waals surface area contributed by atoms with Gasteiger partial charge in [0.1, 0.15) is 0 Å². The molecule has 0 unspecified atom stereocenters. The van der Waals surface area contributed by atoms with Gasteiger partial charge in [-0.05, 0) is 31.1 Å². The number of fused-ring (bicyclic) bond motifs is 2. The van der Waals surface area contributed by atoms with Crippen LogP contribution in [-0.2, 0) is 0 Å². The summed E-state index contributed by atoms with van der Waals surface area (Å²) < 4.78 is 0. The SMILES string of the molecule is O[C@H]1C[C@H]2C[C@@H]1C[C@H]2Br. The summed E-state index contributed by atoms with van der Waals surface area (Å²) in [6, 6.07) is 0. The van der Waals surface area contributed by atoms with E-state index in [1.165, 1.54) is 12.8 Å². The molecule has 2 saturated carbocycles. The highest BCUT2D eigenvalue weighted by atomic mass is 79.9. The number of aliphatic hydroxyl groups excluding tert-OH is 1. The highest BCUT2D eigenvalue weighted by Crippen LogP contribution is 2.47. The molecule has 1 N–H and O–H groups in total. The molecule has 2 aliphatic carbocycles. The lowest BCUT2D eigenvalue weighted by atomic mass is 9.98. The number of rotatable bonds is 0. The van der Waals surface area contributed by atoms with E-state index < -0.39 is 0 Å². The maximum atomic E-state index is 9.32. The first-order valence-electron chi connectivity index (χ1n) is 3.59. The second-order valence-corrected chi connectivity index (χ2v) is 4.49. The average Bonchev–Trinajstić information content (AvgIpc) is 2.24. The molecule has 0 aliphatic heterocycles. The maximum absolute atomic E-state index is 9.32. The van der Waals surface area contributed by atoms with E-state index in [0.29, 0.717) is 10.7 Å². The molecule has 52 valence electrons. The van der Waals surface area contributed by atoms with Crippen LogP contribution in [0.2, 0.25) is 0 Å². The van der Waals surface area contributed by atoms with E-state index in [1.54, 1.807) is 0 Å². The lowest BCUT2D eigenvalue weighted by molar-refractivity contribution is 0.116. The third-order valence-corrected chi connectivity index (χ3v) is 3.85. The summed E-state index contributed by atoms with van der Waals surface area (Å²) in [4.78, 5) is 0.714. The van der Waals surface area contributed by atoms with Crippen molar-refractivity contribution in [2.45, 2.75) is 30.2 Å². The Morgan fingerprint density at radius 2 is 1.89 bits per heavy atom. The fraction of sp³-hybridized carbons (Fsp3) is 1.00. The monoisotopic (exact) mass is 190 g/mol. The van der Waals surface area contributed by atoms with Crippen molar-refractivity contribution in [1.29, 1.82) is 0 Å². The Hall–Kier alpha value is 0.440. The third kappa shape index (κ3) is 0.838. The van der Waals surface area contributed by atoms with Crippen LogP contribution in [0.1, 0.15) is 19.3 Å². The van der Waals surface area contributed by atoms with E-state index in [-0.39, 0.29) is 6.10 Å². The van der Waals surface area contributed by atoms with Gasteiger partial charge in [0.25, 0.3) is 0 Å². The molecule has 9 heavy (non-hydrogen) atoms. The molecule has 0 amide bonds. The Labute approximate surface area is 63.6 Å². The summed E-state index contributed by atoms with van der Waals surface area (Å²) in [7, 11) is 0. The van der Waals surface area contributed by atoms with Gasteiger partial charge in [-0.15, -0.1) is 0 Å². The van der Waals surface area contributed by atoms with Crippen LogP contribution >= 0.6 is 15.9 Å². The quantitative estimate of drug-likeness (QED) is 0.576. The van der Waals surface area contributed by atoms with E-state index >= 15 is 0 Å². The molecular weight excluding hydrogens is 180 g/mol. The Morgan fingerprint density at radius 3 is 2.22 bits per heavy atom. The molecule has 1 nitrogen and oxygen atoms in total. The summed E-state index contributed by atoms with van der Waals surface area (Å²) in [6.45, 7) is 0. The summed E-state index contributed by atoms with van der Waals surface area (Å²) in [5.74, 6) is 1.41. The number of aliphatic hydroxyl groups is 1. The molecule has 2 rings (SSSR count). The molecule has 2 aliphatic rings. The zero-order chi connectivity index (χ0) is 6.43. The van der Waals surface area contributed by atoms with Crippen molar-refractivity contribution in [3.05, 3.63) is 0 Å².